The highest BCUT2D eigenvalue weighted by Crippen LogP contribution is 2.49. The number of carbonyl (C=O) groups excluding carboxylic acids is 2. The number of aryl methyl sites for hydroxylation is 1. The SMILES string of the molecule is C=C(C)C(=O)Nc1ccc(-c2c(C3=CC[C@@H](C(=O)N4CCC5(CCC5)C4)CC3)c3c(N)ncnc3n2C)cc1. The molecule has 2 aliphatic carbocycles. The maximum Gasteiger partial charge on any atom is 0.250 e. The molecule has 39 heavy (non-hydrogen) atoms. The van der Waals surface area contributed by atoms with Gasteiger partial charge in [-0.3, -0.25) is 9.59 Å². The Labute approximate surface area is 229 Å². The second kappa shape index (κ2) is 9.67. The predicted molar refractivity (Wildman–Crippen MR) is 155 cm³/mol. The van der Waals surface area contributed by atoms with E-state index in [0.29, 0.717) is 28.4 Å². The third-order valence-corrected chi connectivity index (χ3v) is 9.05. The minimum Gasteiger partial charge on any atom is -0.383 e. The van der Waals surface area contributed by atoms with Crippen molar-refractivity contribution >= 4 is 39.9 Å². The molecule has 0 bridgehead atoms. The van der Waals surface area contributed by atoms with E-state index in [1.807, 2.05) is 31.3 Å². The minimum atomic E-state index is -0.204. The fourth-order valence-electron chi connectivity index (χ4n) is 6.63. The number of amides is 2. The van der Waals surface area contributed by atoms with Gasteiger partial charge in [-0.15, -0.1) is 0 Å². The molecule has 1 aromatic carbocycles. The molecule has 3 aromatic rings. The molecule has 0 radical (unpaired) electrons. The van der Waals surface area contributed by atoms with Gasteiger partial charge in [-0.25, -0.2) is 9.97 Å². The van der Waals surface area contributed by atoms with Crippen molar-refractivity contribution in [2.24, 2.45) is 18.4 Å². The van der Waals surface area contributed by atoms with Gasteiger partial charge < -0.3 is 20.5 Å². The Morgan fingerprint density at radius 3 is 2.54 bits per heavy atom. The zero-order valence-electron chi connectivity index (χ0n) is 22.8. The van der Waals surface area contributed by atoms with Crippen LogP contribution in [-0.2, 0) is 16.6 Å². The number of likely N-dealkylation sites (tertiary alicyclic amines) is 1. The monoisotopic (exact) mass is 524 g/mol. The first-order valence-corrected chi connectivity index (χ1v) is 13.9. The lowest BCUT2D eigenvalue weighted by molar-refractivity contribution is -0.135. The summed E-state index contributed by atoms with van der Waals surface area (Å²) < 4.78 is 2.06. The molecule has 1 atom stereocenters. The van der Waals surface area contributed by atoms with Crippen LogP contribution < -0.4 is 11.1 Å². The number of benzene rings is 1. The van der Waals surface area contributed by atoms with Gasteiger partial charge in [-0.1, -0.05) is 31.2 Å². The summed E-state index contributed by atoms with van der Waals surface area (Å²) in [5.41, 5.74) is 13.0. The molecule has 202 valence electrons. The summed E-state index contributed by atoms with van der Waals surface area (Å²) in [5, 5.41) is 3.71. The van der Waals surface area contributed by atoms with Gasteiger partial charge >= 0.3 is 0 Å². The van der Waals surface area contributed by atoms with Gasteiger partial charge in [0.1, 0.15) is 17.8 Å². The zero-order valence-corrected chi connectivity index (χ0v) is 22.8. The molecule has 2 aromatic heterocycles. The molecule has 2 amide bonds. The number of carbonyl (C=O) groups is 2. The quantitative estimate of drug-likeness (QED) is 0.440. The normalized spacial score (nSPS) is 20.1. The van der Waals surface area contributed by atoms with Crippen LogP contribution in [0.5, 0.6) is 0 Å². The highest BCUT2D eigenvalue weighted by atomic mass is 16.2. The van der Waals surface area contributed by atoms with Crippen LogP contribution >= 0.6 is 0 Å². The maximum atomic E-state index is 13.4. The molecular weight excluding hydrogens is 488 g/mol. The highest BCUT2D eigenvalue weighted by Gasteiger charge is 2.45. The van der Waals surface area contributed by atoms with Crippen LogP contribution in [0.4, 0.5) is 11.5 Å². The van der Waals surface area contributed by atoms with Crippen LogP contribution in [-0.4, -0.2) is 44.3 Å². The summed E-state index contributed by atoms with van der Waals surface area (Å²) in [6.45, 7) is 7.25. The Kier molecular flexibility index (Phi) is 6.28. The van der Waals surface area contributed by atoms with Crippen molar-refractivity contribution in [3.05, 3.63) is 54.4 Å². The number of nitrogen functional groups attached to an aromatic ring is 1. The van der Waals surface area contributed by atoms with E-state index in [1.165, 1.54) is 37.6 Å². The molecule has 3 N–H and O–H groups in total. The lowest BCUT2D eigenvalue weighted by atomic mass is 9.68. The van der Waals surface area contributed by atoms with Gasteiger partial charge in [0, 0.05) is 42.9 Å². The van der Waals surface area contributed by atoms with Crippen molar-refractivity contribution in [3.63, 3.8) is 0 Å². The van der Waals surface area contributed by atoms with Gasteiger partial charge in [-0.2, -0.15) is 0 Å². The first kappa shape index (κ1) is 25.3. The van der Waals surface area contributed by atoms with Crippen LogP contribution in [0.25, 0.3) is 27.9 Å². The topological polar surface area (TPSA) is 106 Å². The van der Waals surface area contributed by atoms with Crippen molar-refractivity contribution < 1.29 is 9.59 Å². The molecule has 1 saturated heterocycles. The number of nitrogens with two attached hydrogens (primary N) is 1. The van der Waals surface area contributed by atoms with Crippen molar-refractivity contribution in [2.45, 2.75) is 51.9 Å². The Morgan fingerprint density at radius 1 is 1.15 bits per heavy atom. The number of hydrogen-bond acceptors (Lipinski definition) is 5. The van der Waals surface area contributed by atoms with Crippen molar-refractivity contribution in [1.29, 1.82) is 0 Å². The second-order valence-electron chi connectivity index (χ2n) is 11.6. The van der Waals surface area contributed by atoms with E-state index in [0.717, 1.165) is 60.2 Å². The lowest BCUT2D eigenvalue weighted by Gasteiger charge is -2.38. The largest absolute Gasteiger partial charge is 0.383 e. The molecule has 3 aliphatic rings. The third-order valence-electron chi connectivity index (χ3n) is 9.05. The van der Waals surface area contributed by atoms with Gasteiger partial charge in [-0.05, 0) is 74.1 Å². The fourth-order valence-corrected chi connectivity index (χ4v) is 6.63. The summed E-state index contributed by atoms with van der Waals surface area (Å²) >= 11 is 0. The molecule has 6 rings (SSSR count). The first-order valence-electron chi connectivity index (χ1n) is 13.9. The number of aromatic nitrogens is 3. The molecule has 8 heteroatoms. The number of hydrogen-bond donors (Lipinski definition) is 2. The molecule has 1 saturated carbocycles. The highest BCUT2D eigenvalue weighted by molar-refractivity contribution is 6.05. The zero-order chi connectivity index (χ0) is 27.3. The number of nitrogens with one attached hydrogen (secondary N) is 1. The van der Waals surface area contributed by atoms with Crippen LogP contribution in [0, 0.1) is 11.3 Å². The van der Waals surface area contributed by atoms with E-state index in [2.05, 4.69) is 37.4 Å². The molecule has 3 heterocycles. The number of rotatable bonds is 5. The van der Waals surface area contributed by atoms with Crippen LogP contribution in [0.2, 0.25) is 0 Å². The van der Waals surface area contributed by atoms with Crippen molar-refractivity contribution in [1.82, 2.24) is 19.4 Å². The number of anilines is 2. The molecule has 8 nitrogen and oxygen atoms in total. The predicted octanol–water partition coefficient (Wildman–Crippen LogP) is 5.32. The van der Waals surface area contributed by atoms with E-state index in [4.69, 9.17) is 5.73 Å². The van der Waals surface area contributed by atoms with Crippen LogP contribution in [0.15, 0.2) is 48.8 Å². The van der Waals surface area contributed by atoms with E-state index in [-0.39, 0.29) is 11.8 Å². The summed E-state index contributed by atoms with van der Waals surface area (Å²) in [5.74, 6) is 0.600. The number of fused-ring (bicyclic) bond motifs is 1. The Bertz CT molecular complexity index is 1510. The Morgan fingerprint density at radius 2 is 1.92 bits per heavy atom. The van der Waals surface area contributed by atoms with Gasteiger partial charge in [0.15, 0.2) is 0 Å². The molecule has 0 unspecified atom stereocenters. The summed E-state index contributed by atoms with van der Waals surface area (Å²) in [6, 6.07) is 7.77. The van der Waals surface area contributed by atoms with Crippen LogP contribution in [0.1, 0.15) is 57.4 Å². The minimum absolute atomic E-state index is 0.0345. The molecule has 2 fully saturated rings. The standard InChI is InChI=1S/C31H36N6O2/c1-19(2)29(38)35-23-11-9-21(10-12-23)26-24(25-27(32)33-18-34-28(25)36(26)3)20-5-7-22(8-6-20)30(39)37-16-15-31(17-37)13-4-14-31/h5,9-12,18,22H,1,4,6-8,13-17H2,2-3H3,(H,35,38)(H2,32,33,34)/t22-/m1/s1. The van der Waals surface area contributed by atoms with E-state index in [9.17, 15) is 9.59 Å². The van der Waals surface area contributed by atoms with E-state index >= 15 is 0 Å². The van der Waals surface area contributed by atoms with Crippen LogP contribution in [0.3, 0.4) is 0 Å². The van der Waals surface area contributed by atoms with Gasteiger partial charge in [0.05, 0.1) is 11.1 Å². The van der Waals surface area contributed by atoms with Gasteiger partial charge in [0.25, 0.3) is 5.91 Å². The smallest absolute Gasteiger partial charge is 0.250 e. The van der Waals surface area contributed by atoms with Crippen molar-refractivity contribution in [3.8, 4) is 11.3 Å². The summed E-state index contributed by atoms with van der Waals surface area (Å²) in [7, 11) is 1.99. The molecule has 1 aliphatic heterocycles. The summed E-state index contributed by atoms with van der Waals surface area (Å²) in [6.07, 6.45) is 11.1. The average molecular weight is 525 g/mol. The third kappa shape index (κ3) is 4.41. The Hall–Kier alpha value is -3.94. The van der Waals surface area contributed by atoms with Crippen molar-refractivity contribution in [2.75, 3.05) is 24.1 Å². The molecule has 1 spiro atoms. The fraction of sp³-hybridized carbons (Fsp3) is 0.419. The lowest BCUT2D eigenvalue weighted by Crippen LogP contribution is -2.39. The molecular formula is C31H36N6O2. The maximum absolute atomic E-state index is 13.4. The number of allylic oxidation sites excluding steroid dienone is 2. The second-order valence-corrected chi connectivity index (χ2v) is 11.6. The van der Waals surface area contributed by atoms with E-state index in [1.54, 1.807) is 6.92 Å². The first-order chi connectivity index (χ1) is 18.8. The number of nitrogens with zero attached hydrogens (tertiary/aromatic N) is 4. The van der Waals surface area contributed by atoms with Gasteiger partial charge in [0.2, 0.25) is 5.91 Å². The van der Waals surface area contributed by atoms with E-state index < -0.39 is 0 Å². The summed E-state index contributed by atoms with van der Waals surface area (Å²) in [4.78, 5) is 36.5. The Balaban J connectivity index is 1.31. The average Bonchev–Trinajstić information content (AvgIpc) is 3.50.